The van der Waals surface area contributed by atoms with Gasteiger partial charge < -0.3 is 9.84 Å². The van der Waals surface area contributed by atoms with E-state index in [1.165, 1.54) is 28.1 Å². The van der Waals surface area contributed by atoms with Crippen LogP contribution in [0.15, 0.2) is 53.4 Å². The van der Waals surface area contributed by atoms with Crippen molar-refractivity contribution in [1.29, 1.82) is 0 Å². The normalized spacial score (nSPS) is 15.7. The molecule has 32 heavy (non-hydrogen) atoms. The molecule has 168 valence electrons. The Labute approximate surface area is 187 Å². The van der Waals surface area contributed by atoms with Crippen molar-refractivity contribution in [3.63, 3.8) is 0 Å². The molecule has 0 spiro atoms. The number of nitrogens with zero attached hydrogens (tertiary/aromatic N) is 2. The van der Waals surface area contributed by atoms with Crippen LogP contribution < -0.4 is 0 Å². The first-order valence-corrected chi connectivity index (χ1v) is 11.9. The number of aromatic carboxylic acids is 1. The molecule has 0 saturated carbocycles. The minimum absolute atomic E-state index is 0.00391. The fraction of sp³-hybridized carbons (Fsp3) is 0.333. The van der Waals surface area contributed by atoms with E-state index in [2.05, 4.69) is 25.8 Å². The number of fused-ring (bicyclic) bond motifs is 1. The number of carboxylic acid groups (broad SMARTS) is 1. The van der Waals surface area contributed by atoms with E-state index in [0.717, 1.165) is 5.56 Å². The molecular formula is C24H26N2O5S. The molecule has 8 heteroatoms. The van der Waals surface area contributed by atoms with Crippen molar-refractivity contribution in [2.75, 3.05) is 26.3 Å². The molecule has 0 aliphatic carbocycles. The van der Waals surface area contributed by atoms with Gasteiger partial charge in [0.25, 0.3) is 0 Å². The molecule has 0 radical (unpaired) electrons. The summed E-state index contributed by atoms with van der Waals surface area (Å²) in [6.45, 7) is 7.60. The fourth-order valence-electron chi connectivity index (χ4n) is 3.77. The van der Waals surface area contributed by atoms with Crippen LogP contribution >= 0.6 is 0 Å². The topological polar surface area (TPSA) is 96.8 Å². The molecular weight excluding hydrogens is 428 g/mol. The molecule has 4 rings (SSSR count). The molecule has 0 atom stereocenters. The average Bonchev–Trinajstić information content (AvgIpc) is 2.78. The van der Waals surface area contributed by atoms with Gasteiger partial charge in [-0.15, -0.1) is 0 Å². The van der Waals surface area contributed by atoms with E-state index in [9.17, 15) is 18.3 Å². The summed E-state index contributed by atoms with van der Waals surface area (Å²) in [5.41, 5.74) is 2.94. The number of hydrogen-bond acceptors (Lipinski definition) is 5. The second kappa shape index (κ2) is 8.27. The predicted molar refractivity (Wildman–Crippen MR) is 122 cm³/mol. The van der Waals surface area contributed by atoms with Crippen LogP contribution in [0.5, 0.6) is 0 Å². The summed E-state index contributed by atoms with van der Waals surface area (Å²) in [7, 11) is -3.74. The van der Waals surface area contributed by atoms with Crippen molar-refractivity contribution in [2.24, 2.45) is 0 Å². The van der Waals surface area contributed by atoms with Crippen molar-refractivity contribution >= 4 is 26.9 Å². The summed E-state index contributed by atoms with van der Waals surface area (Å²) in [6.07, 6.45) is 0. The molecule has 0 bridgehead atoms. The van der Waals surface area contributed by atoms with Crippen LogP contribution in [0.4, 0.5) is 0 Å². The second-order valence-corrected chi connectivity index (χ2v) is 10.8. The van der Waals surface area contributed by atoms with E-state index in [-0.39, 0.29) is 29.0 Å². The van der Waals surface area contributed by atoms with Crippen molar-refractivity contribution in [3.8, 4) is 11.3 Å². The number of benzene rings is 2. The molecule has 7 nitrogen and oxygen atoms in total. The second-order valence-electron chi connectivity index (χ2n) is 8.88. The number of hydrogen-bond donors (Lipinski definition) is 1. The number of rotatable bonds is 4. The summed E-state index contributed by atoms with van der Waals surface area (Å²) in [4.78, 5) is 16.7. The number of carbonyl (C=O) groups is 1. The van der Waals surface area contributed by atoms with Crippen LogP contribution in [0.25, 0.3) is 22.2 Å². The summed E-state index contributed by atoms with van der Waals surface area (Å²) < 4.78 is 32.6. The van der Waals surface area contributed by atoms with Crippen LogP contribution in [-0.2, 0) is 20.2 Å². The summed E-state index contributed by atoms with van der Waals surface area (Å²) in [5, 5.41) is 10.1. The largest absolute Gasteiger partial charge is 0.478 e. The lowest BCUT2D eigenvalue weighted by Gasteiger charge is -2.26. The van der Waals surface area contributed by atoms with Crippen molar-refractivity contribution in [2.45, 2.75) is 31.1 Å². The van der Waals surface area contributed by atoms with Gasteiger partial charge in [0.2, 0.25) is 10.0 Å². The van der Waals surface area contributed by atoms with Gasteiger partial charge in [0.1, 0.15) is 0 Å². The highest BCUT2D eigenvalue weighted by molar-refractivity contribution is 7.89. The molecule has 1 N–H and O–H groups in total. The lowest BCUT2D eigenvalue weighted by Crippen LogP contribution is -2.40. The Balaban J connectivity index is 1.79. The monoisotopic (exact) mass is 454 g/mol. The van der Waals surface area contributed by atoms with Crippen molar-refractivity contribution < 1.29 is 23.1 Å². The zero-order chi connectivity index (χ0) is 23.1. The standard InChI is InChI=1S/C24H26N2O5S/c1-24(2,3)17-6-4-16(5-7-17)22-15-20(23(27)28)19-14-18(8-9-21(19)25-22)32(29,30)26-10-12-31-13-11-26/h4-9,14-15H,10-13H2,1-3H3,(H,27,28). The van der Waals surface area contributed by atoms with E-state index < -0.39 is 16.0 Å². The van der Waals surface area contributed by atoms with E-state index in [0.29, 0.717) is 29.8 Å². The highest BCUT2D eigenvalue weighted by Crippen LogP contribution is 2.30. The first-order valence-electron chi connectivity index (χ1n) is 10.4. The highest BCUT2D eigenvalue weighted by atomic mass is 32.2. The molecule has 1 saturated heterocycles. The number of morpholine rings is 1. The zero-order valence-electron chi connectivity index (χ0n) is 18.3. The Bertz CT molecular complexity index is 1270. The molecule has 1 fully saturated rings. The van der Waals surface area contributed by atoms with Gasteiger partial charge >= 0.3 is 5.97 Å². The molecule has 1 aliphatic rings. The van der Waals surface area contributed by atoms with Gasteiger partial charge in [0.15, 0.2) is 0 Å². The molecule has 0 amide bonds. The quantitative estimate of drug-likeness (QED) is 0.642. The lowest BCUT2D eigenvalue weighted by molar-refractivity contribution is 0.0699. The van der Waals surface area contributed by atoms with E-state index in [1.54, 1.807) is 6.07 Å². The smallest absolute Gasteiger partial charge is 0.336 e. The maximum Gasteiger partial charge on any atom is 0.336 e. The van der Waals surface area contributed by atoms with Gasteiger partial charge in [-0.2, -0.15) is 4.31 Å². The summed E-state index contributed by atoms with van der Waals surface area (Å²) in [6, 6.07) is 13.8. The molecule has 1 aliphatic heterocycles. The van der Waals surface area contributed by atoms with E-state index >= 15 is 0 Å². The Morgan fingerprint density at radius 3 is 2.28 bits per heavy atom. The number of ether oxygens (including phenoxy) is 1. The Kier molecular flexibility index (Phi) is 5.79. The lowest BCUT2D eigenvalue weighted by atomic mass is 9.86. The van der Waals surface area contributed by atoms with Crippen molar-refractivity contribution in [1.82, 2.24) is 9.29 Å². The molecule has 0 unspecified atom stereocenters. The maximum atomic E-state index is 13.0. The van der Waals surface area contributed by atoms with Crippen LogP contribution in [0, 0.1) is 0 Å². The van der Waals surface area contributed by atoms with Gasteiger partial charge in [0.05, 0.1) is 34.9 Å². The third-order valence-corrected chi connectivity index (χ3v) is 7.56. The number of aromatic nitrogens is 1. The maximum absolute atomic E-state index is 13.0. The number of sulfonamides is 1. The van der Waals surface area contributed by atoms with Gasteiger partial charge in [-0.3, -0.25) is 0 Å². The van der Waals surface area contributed by atoms with Gasteiger partial charge in [0, 0.05) is 24.0 Å². The summed E-state index contributed by atoms with van der Waals surface area (Å²) in [5.74, 6) is -1.13. The summed E-state index contributed by atoms with van der Waals surface area (Å²) >= 11 is 0. The average molecular weight is 455 g/mol. The van der Waals surface area contributed by atoms with Gasteiger partial charge in [-0.1, -0.05) is 45.0 Å². The van der Waals surface area contributed by atoms with E-state index in [1.807, 2.05) is 24.3 Å². The molecule has 1 aromatic heterocycles. The van der Waals surface area contributed by atoms with Crippen molar-refractivity contribution in [3.05, 3.63) is 59.7 Å². The first kappa shape index (κ1) is 22.4. The predicted octanol–water partition coefficient (Wildman–Crippen LogP) is 3.92. The van der Waals surface area contributed by atoms with Gasteiger partial charge in [-0.05, 0) is 35.2 Å². The Morgan fingerprint density at radius 2 is 1.69 bits per heavy atom. The van der Waals surface area contributed by atoms with Crippen LogP contribution in [-0.4, -0.2) is 55.1 Å². The number of carboxylic acids is 1. The third kappa shape index (κ3) is 4.26. The molecule has 2 heterocycles. The Hall–Kier alpha value is -2.81. The SMILES string of the molecule is CC(C)(C)c1ccc(-c2cc(C(=O)O)c3cc(S(=O)(=O)N4CCOCC4)ccc3n2)cc1. The molecule has 2 aromatic carbocycles. The van der Waals surface area contributed by atoms with Crippen LogP contribution in [0.2, 0.25) is 0 Å². The number of pyridine rings is 1. The van der Waals surface area contributed by atoms with E-state index in [4.69, 9.17) is 4.74 Å². The van der Waals surface area contributed by atoms with Gasteiger partial charge in [-0.25, -0.2) is 18.2 Å². The minimum atomic E-state index is -3.74. The third-order valence-electron chi connectivity index (χ3n) is 5.67. The zero-order valence-corrected chi connectivity index (χ0v) is 19.1. The van der Waals surface area contributed by atoms with Crippen LogP contribution in [0.3, 0.4) is 0 Å². The molecule has 3 aromatic rings. The Morgan fingerprint density at radius 1 is 1.03 bits per heavy atom. The minimum Gasteiger partial charge on any atom is -0.478 e. The first-order chi connectivity index (χ1) is 15.1. The van der Waals surface area contributed by atoms with Crippen LogP contribution in [0.1, 0.15) is 36.7 Å². The highest BCUT2D eigenvalue weighted by Gasteiger charge is 2.27. The fourth-order valence-corrected chi connectivity index (χ4v) is 5.20.